The number of hydrogen-bond donors (Lipinski definition) is 2. The highest BCUT2D eigenvalue weighted by molar-refractivity contribution is 6.31. The summed E-state index contributed by atoms with van der Waals surface area (Å²) in [6.07, 6.45) is 0.680. The Hall–Kier alpha value is -1.55. The molecule has 0 spiro atoms. The summed E-state index contributed by atoms with van der Waals surface area (Å²) >= 11 is 6.21. The van der Waals surface area contributed by atoms with Crippen LogP contribution in [-0.2, 0) is 6.42 Å². The molecular formula is C17H21ClN2O. The fraction of sp³-hybridized carbons (Fsp3) is 0.294. The van der Waals surface area contributed by atoms with Gasteiger partial charge < -0.3 is 16.2 Å². The van der Waals surface area contributed by atoms with E-state index in [2.05, 4.69) is 0 Å². The Labute approximate surface area is 130 Å². The van der Waals surface area contributed by atoms with Crippen molar-refractivity contribution in [3.8, 4) is 5.75 Å². The molecule has 0 aliphatic heterocycles. The van der Waals surface area contributed by atoms with Crippen molar-refractivity contribution in [3.63, 3.8) is 0 Å². The largest absolute Gasteiger partial charge is 0.496 e. The summed E-state index contributed by atoms with van der Waals surface area (Å²) < 4.78 is 5.42. The first-order valence-corrected chi connectivity index (χ1v) is 7.37. The average molecular weight is 305 g/mol. The molecule has 112 valence electrons. The third kappa shape index (κ3) is 3.76. The molecule has 0 aliphatic rings. The Kier molecular flexibility index (Phi) is 5.62. The maximum Gasteiger partial charge on any atom is 0.122 e. The highest BCUT2D eigenvalue weighted by Gasteiger charge is 2.22. The second-order valence-corrected chi connectivity index (χ2v) is 5.45. The number of para-hydroxylation sites is 1. The molecule has 2 aromatic rings. The van der Waals surface area contributed by atoms with Crippen molar-refractivity contribution >= 4 is 11.6 Å². The first kappa shape index (κ1) is 15.8. The van der Waals surface area contributed by atoms with Gasteiger partial charge in [0.1, 0.15) is 5.75 Å². The first-order valence-electron chi connectivity index (χ1n) is 6.99. The van der Waals surface area contributed by atoms with Crippen LogP contribution in [0.5, 0.6) is 5.75 Å². The summed E-state index contributed by atoms with van der Waals surface area (Å²) in [5, 5.41) is 0.740. The zero-order chi connectivity index (χ0) is 15.2. The summed E-state index contributed by atoms with van der Waals surface area (Å²) in [6, 6.07) is 15.5. The Morgan fingerprint density at radius 3 is 2.43 bits per heavy atom. The molecule has 0 bridgehead atoms. The molecule has 2 unspecified atom stereocenters. The van der Waals surface area contributed by atoms with E-state index in [1.807, 2.05) is 48.5 Å². The molecule has 21 heavy (non-hydrogen) atoms. The quantitative estimate of drug-likeness (QED) is 0.862. The van der Waals surface area contributed by atoms with E-state index >= 15 is 0 Å². The van der Waals surface area contributed by atoms with Gasteiger partial charge in [0, 0.05) is 29.1 Å². The van der Waals surface area contributed by atoms with E-state index in [0.29, 0.717) is 13.0 Å². The van der Waals surface area contributed by atoms with E-state index in [0.717, 1.165) is 21.9 Å². The highest BCUT2D eigenvalue weighted by atomic mass is 35.5. The molecule has 0 amide bonds. The first-order chi connectivity index (χ1) is 10.2. The number of methoxy groups -OCH3 is 1. The van der Waals surface area contributed by atoms with Crippen molar-refractivity contribution < 1.29 is 4.74 Å². The smallest absolute Gasteiger partial charge is 0.122 e. The number of halogens is 1. The Bertz CT molecular complexity index is 589. The molecule has 4 N–H and O–H groups in total. The van der Waals surface area contributed by atoms with E-state index in [4.69, 9.17) is 27.8 Å². The molecular weight excluding hydrogens is 284 g/mol. The summed E-state index contributed by atoms with van der Waals surface area (Å²) in [6.45, 7) is 0.464. The van der Waals surface area contributed by atoms with Crippen LogP contribution in [0, 0.1) is 0 Å². The van der Waals surface area contributed by atoms with Crippen LogP contribution >= 0.6 is 11.6 Å². The molecule has 0 aromatic heterocycles. The number of ether oxygens (including phenoxy) is 1. The second-order valence-electron chi connectivity index (χ2n) is 5.04. The zero-order valence-corrected chi connectivity index (χ0v) is 12.9. The van der Waals surface area contributed by atoms with Crippen LogP contribution in [0.3, 0.4) is 0 Å². The fourth-order valence-corrected chi connectivity index (χ4v) is 2.78. The van der Waals surface area contributed by atoms with Crippen molar-refractivity contribution in [1.82, 2.24) is 0 Å². The normalized spacial score (nSPS) is 13.7. The van der Waals surface area contributed by atoms with Crippen molar-refractivity contribution in [1.29, 1.82) is 0 Å². The lowest BCUT2D eigenvalue weighted by Crippen LogP contribution is -2.35. The summed E-state index contributed by atoms with van der Waals surface area (Å²) in [5.74, 6) is 0.847. The average Bonchev–Trinajstić information content (AvgIpc) is 2.51. The number of benzene rings is 2. The van der Waals surface area contributed by atoms with Gasteiger partial charge in [-0.2, -0.15) is 0 Å². The highest BCUT2D eigenvalue weighted by Crippen LogP contribution is 2.29. The predicted molar refractivity (Wildman–Crippen MR) is 87.9 cm³/mol. The maximum atomic E-state index is 6.39. The molecule has 0 radical (unpaired) electrons. The monoisotopic (exact) mass is 304 g/mol. The van der Waals surface area contributed by atoms with Crippen LogP contribution in [0.4, 0.5) is 0 Å². The van der Waals surface area contributed by atoms with Crippen molar-refractivity contribution in [2.45, 2.75) is 18.4 Å². The number of nitrogens with two attached hydrogens (primary N) is 2. The molecule has 4 heteroatoms. The topological polar surface area (TPSA) is 61.3 Å². The van der Waals surface area contributed by atoms with E-state index in [-0.39, 0.29) is 12.0 Å². The summed E-state index contributed by atoms with van der Waals surface area (Å²) in [7, 11) is 1.66. The molecule has 2 atom stereocenters. The lowest BCUT2D eigenvalue weighted by molar-refractivity contribution is 0.399. The Morgan fingerprint density at radius 1 is 1.10 bits per heavy atom. The van der Waals surface area contributed by atoms with E-state index < -0.39 is 0 Å². The van der Waals surface area contributed by atoms with Gasteiger partial charge in [-0.05, 0) is 24.1 Å². The van der Waals surface area contributed by atoms with Gasteiger partial charge >= 0.3 is 0 Å². The van der Waals surface area contributed by atoms with Gasteiger partial charge in [0.2, 0.25) is 0 Å². The van der Waals surface area contributed by atoms with E-state index in [1.54, 1.807) is 7.11 Å². The maximum absolute atomic E-state index is 6.39. The summed E-state index contributed by atoms with van der Waals surface area (Å²) in [5.41, 5.74) is 14.4. The van der Waals surface area contributed by atoms with Crippen LogP contribution in [0.25, 0.3) is 0 Å². The SMILES string of the molecule is COc1ccccc1C(CN)C(N)Cc1ccccc1Cl. The van der Waals surface area contributed by atoms with Gasteiger partial charge in [0.05, 0.1) is 7.11 Å². The van der Waals surface area contributed by atoms with Crippen LogP contribution < -0.4 is 16.2 Å². The molecule has 0 aliphatic carbocycles. The molecule has 2 rings (SSSR count). The van der Waals surface area contributed by atoms with Crippen molar-refractivity contribution in [2.24, 2.45) is 11.5 Å². The Balaban J connectivity index is 2.23. The fourth-order valence-electron chi connectivity index (χ4n) is 2.57. The third-order valence-corrected chi connectivity index (χ3v) is 4.09. The minimum absolute atomic E-state index is 0.0254. The molecule has 0 fully saturated rings. The summed E-state index contributed by atoms with van der Waals surface area (Å²) in [4.78, 5) is 0. The molecule has 0 heterocycles. The van der Waals surface area contributed by atoms with Crippen LogP contribution in [-0.4, -0.2) is 19.7 Å². The minimum atomic E-state index is -0.119. The number of hydrogen-bond acceptors (Lipinski definition) is 3. The zero-order valence-electron chi connectivity index (χ0n) is 12.1. The van der Waals surface area contributed by atoms with Gasteiger partial charge in [-0.15, -0.1) is 0 Å². The third-order valence-electron chi connectivity index (χ3n) is 3.72. The van der Waals surface area contributed by atoms with Crippen molar-refractivity contribution in [2.75, 3.05) is 13.7 Å². The molecule has 3 nitrogen and oxygen atoms in total. The lowest BCUT2D eigenvalue weighted by atomic mass is 9.87. The standard InChI is InChI=1S/C17H21ClN2O/c1-21-17-9-5-3-7-13(17)14(11-19)16(20)10-12-6-2-4-8-15(12)18/h2-9,14,16H,10-11,19-20H2,1H3. The predicted octanol–water partition coefficient (Wildman–Crippen LogP) is 2.96. The Morgan fingerprint density at radius 2 is 1.76 bits per heavy atom. The van der Waals surface area contributed by atoms with Gasteiger partial charge in [-0.1, -0.05) is 48.0 Å². The second kappa shape index (κ2) is 7.46. The minimum Gasteiger partial charge on any atom is -0.496 e. The molecule has 0 saturated heterocycles. The molecule has 2 aromatic carbocycles. The number of rotatable bonds is 6. The lowest BCUT2D eigenvalue weighted by Gasteiger charge is -2.25. The van der Waals surface area contributed by atoms with Crippen LogP contribution in [0.15, 0.2) is 48.5 Å². The van der Waals surface area contributed by atoms with Gasteiger partial charge in [-0.3, -0.25) is 0 Å². The van der Waals surface area contributed by atoms with Crippen molar-refractivity contribution in [3.05, 3.63) is 64.7 Å². The van der Waals surface area contributed by atoms with E-state index in [9.17, 15) is 0 Å². The van der Waals surface area contributed by atoms with Gasteiger partial charge in [0.15, 0.2) is 0 Å². The van der Waals surface area contributed by atoms with Crippen LogP contribution in [0.2, 0.25) is 5.02 Å². The van der Waals surface area contributed by atoms with Gasteiger partial charge in [-0.25, -0.2) is 0 Å². The molecule has 0 saturated carbocycles. The van der Waals surface area contributed by atoms with Crippen LogP contribution in [0.1, 0.15) is 17.0 Å². The van der Waals surface area contributed by atoms with E-state index in [1.165, 1.54) is 0 Å². The van der Waals surface area contributed by atoms with Gasteiger partial charge in [0.25, 0.3) is 0 Å².